The van der Waals surface area contributed by atoms with E-state index in [2.05, 4.69) is 4.98 Å². The molecular formula is C14H16N2O2S. The normalized spacial score (nSPS) is 10.3. The van der Waals surface area contributed by atoms with Gasteiger partial charge in [0.25, 0.3) is 0 Å². The fourth-order valence-electron chi connectivity index (χ4n) is 1.77. The molecule has 0 saturated heterocycles. The second-order valence-corrected chi connectivity index (χ2v) is 5.05. The third-order valence-corrected chi connectivity index (χ3v) is 3.99. The van der Waals surface area contributed by atoms with Crippen molar-refractivity contribution < 1.29 is 9.53 Å². The lowest BCUT2D eigenvalue weighted by molar-refractivity contribution is 0.112. The summed E-state index contributed by atoms with van der Waals surface area (Å²) in [6.07, 6.45) is 1.63. The summed E-state index contributed by atoms with van der Waals surface area (Å²) in [7, 11) is 3.57. The molecule has 1 heterocycles. The SMILES string of the molecule is CCc1nc(N(C)c2cccc(OC)c2)sc1C=O. The van der Waals surface area contributed by atoms with E-state index >= 15 is 0 Å². The van der Waals surface area contributed by atoms with Gasteiger partial charge in [-0.2, -0.15) is 0 Å². The number of hydrogen-bond acceptors (Lipinski definition) is 5. The zero-order valence-corrected chi connectivity index (χ0v) is 12.0. The Morgan fingerprint density at radius 1 is 1.47 bits per heavy atom. The van der Waals surface area contributed by atoms with Crippen LogP contribution in [0, 0.1) is 0 Å². The topological polar surface area (TPSA) is 42.4 Å². The van der Waals surface area contributed by atoms with Crippen molar-refractivity contribution in [2.45, 2.75) is 13.3 Å². The van der Waals surface area contributed by atoms with Gasteiger partial charge in [0.1, 0.15) is 5.75 Å². The maximum absolute atomic E-state index is 11.0. The molecule has 0 amide bonds. The third-order valence-electron chi connectivity index (χ3n) is 2.89. The maximum Gasteiger partial charge on any atom is 0.190 e. The molecule has 0 aliphatic rings. The predicted molar refractivity (Wildman–Crippen MR) is 77.9 cm³/mol. The van der Waals surface area contributed by atoms with Gasteiger partial charge in [-0.1, -0.05) is 24.3 Å². The smallest absolute Gasteiger partial charge is 0.190 e. The minimum Gasteiger partial charge on any atom is -0.497 e. The number of aldehydes is 1. The van der Waals surface area contributed by atoms with Gasteiger partial charge >= 0.3 is 0 Å². The van der Waals surface area contributed by atoms with Gasteiger partial charge in [-0.25, -0.2) is 4.98 Å². The van der Waals surface area contributed by atoms with Crippen LogP contribution >= 0.6 is 11.3 Å². The molecule has 0 atom stereocenters. The van der Waals surface area contributed by atoms with Crippen LogP contribution in [-0.2, 0) is 6.42 Å². The lowest BCUT2D eigenvalue weighted by atomic mass is 10.3. The number of nitrogens with zero attached hydrogens (tertiary/aromatic N) is 2. The molecule has 5 heteroatoms. The molecule has 0 aliphatic heterocycles. The van der Waals surface area contributed by atoms with E-state index in [0.29, 0.717) is 4.88 Å². The highest BCUT2D eigenvalue weighted by Gasteiger charge is 2.13. The Labute approximate surface area is 116 Å². The number of carbonyl (C=O) groups excluding carboxylic acids is 1. The van der Waals surface area contributed by atoms with Gasteiger partial charge in [-0.05, 0) is 18.6 Å². The van der Waals surface area contributed by atoms with E-state index in [0.717, 1.165) is 35.0 Å². The van der Waals surface area contributed by atoms with Crippen molar-refractivity contribution in [1.29, 1.82) is 0 Å². The Kier molecular flexibility index (Phi) is 4.16. The molecule has 0 spiro atoms. The van der Waals surface area contributed by atoms with Crippen LogP contribution in [0.3, 0.4) is 0 Å². The van der Waals surface area contributed by atoms with E-state index in [1.165, 1.54) is 11.3 Å². The monoisotopic (exact) mass is 276 g/mol. The number of hydrogen-bond donors (Lipinski definition) is 0. The van der Waals surface area contributed by atoms with Gasteiger partial charge in [0.15, 0.2) is 11.4 Å². The third kappa shape index (κ3) is 2.76. The molecule has 0 bridgehead atoms. The number of aryl methyl sites for hydroxylation is 1. The van der Waals surface area contributed by atoms with Gasteiger partial charge < -0.3 is 9.64 Å². The number of benzene rings is 1. The molecule has 2 aromatic rings. The van der Waals surface area contributed by atoms with E-state index in [1.807, 2.05) is 43.1 Å². The molecule has 1 aromatic carbocycles. The first-order valence-electron chi connectivity index (χ1n) is 6.02. The minimum atomic E-state index is 0.701. The molecule has 0 saturated carbocycles. The first-order chi connectivity index (χ1) is 9.19. The molecule has 2 rings (SSSR count). The van der Waals surface area contributed by atoms with Crippen LogP contribution in [0.4, 0.5) is 10.8 Å². The number of anilines is 2. The average Bonchev–Trinajstić information content (AvgIpc) is 2.89. The van der Waals surface area contributed by atoms with Gasteiger partial charge in [0.05, 0.1) is 17.7 Å². The molecule has 1 aromatic heterocycles. The lowest BCUT2D eigenvalue weighted by Gasteiger charge is -2.16. The van der Waals surface area contributed by atoms with E-state index < -0.39 is 0 Å². The highest BCUT2D eigenvalue weighted by atomic mass is 32.1. The predicted octanol–water partition coefficient (Wildman–Crippen LogP) is 3.29. The fraction of sp³-hybridized carbons (Fsp3) is 0.286. The summed E-state index contributed by atoms with van der Waals surface area (Å²) in [4.78, 5) is 18.2. The first-order valence-corrected chi connectivity index (χ1v) is 6.84. The van der Waals surface area contributed by atoms with Crippen molar-refractivity contribution in [3.8, 4) is 5.75 Å². The molecule has 0 fully saturated rings. The van der Waals surface area contributed by atoms with Crippen molar-refractivity contribution in [1.82, 2.24) is 4.98 Å². The van der Waals surface area contributed by atoms with Gasteiger partial charge in [0, 0.05) is 18.8 Å². The number of thiazole rings is 1. The van der Waals surface area contributed by atoms with Crippen LogP contribution in [0.5, 0.6) is 5.75 Å². The maximum atomic E-state index is 11.0. The van der Waals surface area contributed by atoms with E-state index in [9.17, 15) is 4.79 Å². The van der Waals surface area contributed by atoms with Crippen LogP contribution in [0.1, 0.15) is 22.3 Å². The molecule has 100 valence electrons. The summed E-state index contributed by atoms with van der Waals surface area (Å²) >= 11 is 1.41. The van der Waals surface area contributed by atoms with Crippen molar-refractivity contribution in [3.63, 3.8) is 0 Å². The van der Waals surface area contributed by atoms with E-state index in [4.69, 9.17) is 4.74 Å². The highest BCUT2D eigenvalue weighted by molar-refractivity contribution is 7.17. The van der Waals surface area contributed by atoms with Gasteiger partial charge in [-0.15, -0.1) is 0 Å². The Hall–Kier alpha value is -1.88. The largest absolute Gasteiger partial charge is 0.497 e. The van der Waals surface area contributed by atoms with Crippen LogP contribution in [0.15, 0.2) is 24.3 Å². The quantitative estimate of drug-likeness (QED) is 0.786. The van der Waals surface area contributed by atoms with Crippen LogP contribution < -0.4 is 9.64 Å². The highest BCUT2D eigenvalue weighted by Crippen LogP contribution is 2.31. The number of methoxy groups -OCH3 is 1. The van der Waals surface area contributed by atoms with Crippen LogP contribution in [0.2, 0.25) is 0 Å². The Balaban J connectivity index is 2.34. The molecule has 0 aliphatic carbocycles. The molecule has 19 heavy (non-hydrogen) atoms. The number of carbonyl (C=O) groups is 1. The lowest BCUT2D eigenvalue weighted by Crippen LogP contribution is -2.09. The fourth-order valence-corrected chi connectivity index (χ4v) is 2.72. The average molecular weight is 276 g/mol. The zero-order valence-electron chi connectivity index (χ0n) is 11.2. The Morgan fingerprint density at radius 3 is 2.84 bits per heavy atom. The minimum absolute atomic E-state index is 0.701. The van der Waals surface area contributed by atoms with Crippen molar-refractivity contribution in [3.05, 3.63) is 34.8 Å². The number of rotatable bonds is 5. The summed E-state index contributed by atoms with van der Waals surface area (Å²) in [5, 5.41) is 0.812. The zero-order chi connectivity index (χ0) is 13.8. The summed E-state index contributed by atoms with van der Waals surface area (Å²) in [5.41, 5.74) is 1.83. The van der Waals surface area contributed by atoms with Gasteiger partial charge in [0.2, 0.25) is 0 Å². The molecule has 4 nitrogen and oxygen atoms in total. The standard InChI is InChI=1S/C14H16N2O2S/c1-4-12-13(9-17)19-14(15-12)16(2)10-6-5-7-11(8-10)18-3/h5-9H,4H2,1-3H3. The van der Waals surface area contributed by atoms with Gasteiger partial charge in [-0.3, -0.25) is 4.79 Å². The summed E-state index contributed by atoms with van der Waals surface area (Å²) in [6.45, 7) is 2.00. The summed E-state index contributed by atoms with van der Waals surface area (Å²) in [6, 6.07) is 7.75. The molecule has 0 unspecified atom stereocenters. The van der Waals surface area contributed by atoms with E-state index in [1.54, 1.807) is 7.11 Å². The van der Waals surface area contributed by atoms with Crippen molar-refractivity contribution in [2.24, 2.45) is 0 Å². The first kappa shape index (κ1) is 13.5. The second-order valence-electron chi connectivity index (χ2n) is 4.04. The Bertz CT molecular complexity index is 581. The van der Waals surface area contributed by atoms with E-state index in [-0.39, 0.29) is 0 Å². The second kappa shape index (κ2) is 5.84. The van der Waals surface area contributed by atoms with Crippen LogP contribution in [0.25, 0.3) is 0 Å². The number of ether oxygens (including phenoxy) is 1. The van der Waals surface area contributed by atoms with Crippen molar-refractivity contribution >= 4 is 28.4 Å². The van der Waals surface area contributed by atoms with Crippen LogP contribution in [-0.4, -0.2) is 25.4 Å². The summed E-state index contributed by atoms with van der Waals surface area (Å²) in [5.74, 6) is 0.798. The van der Waals surface area contributed by atoms with Crippen molar-refractivity contribution in [2.75, 3.05) is 19.1 Å². The molecular weight excluding hydrogens is 260 g/mol. The summed E-state index contributed by atoms with van der Waals surface area (Å²) < 4.78 is 5.21. The Morgan fingerprint density at radius 2 is 2.26 bits per heavy atom. The molecule has 0 radical (unpaired) electrons. The number of aromatic nitrogens is 1. The molecule has 0 N–H and O–H groups in total.